The summed E-state index contributed by atoms with van der Waals surface area (Å²) in [6, 6.07) is 3.79. The van der Waals surface area contributed by atoms with E-state index in [1.54, 1.807) is 6.92 Å². The molecule has 1 aromatic rings. The maximum Gasteiger partial charge on any atom is 0.243 e. The molecule has 0 aliphatic heterocycles. The molecule has 19 heavy (non-hydrogen) atoms. The molecular weight excluding hydrogens is 289 g/mol. The van der Waals surface area contributed by atoms with Gasteiger partial charge in [0.2, 0.25) is 10.0 Å². The third-order valence-corrected chi connectivity index (χ3v) is 5.79. The first-order chi connectivity index (χ1) is 8.96. The van der Waals surface area contributed by atoms with E-state index in [0.29, 0.717) is 12.1 Å². The quantitative estimate of drug-likeness (QED) is 0.784. The number of halogens is 2. The van der Waals surface area contributed by atoms with Crippen molar-refractivity contribution in [1.82, 2.24) is 4.31 Å². The SMILES string of the molecule is Cc1cc(F)ccc1S(=O)(=O)N(CCCl)C1CCC1. The second-order valence-electron chi connectivity index (χ2n) is 4.80. The molecule has 0 heterocycles. The lowest BCUT2D eigenvalue weighted by Crippen LogP contribution is -2.45. The van der Waals surface area contributed by atoms with Gasteiger partial charge in [0, 0.05) is 18.5 Å². The number of hydrogen-bond acceptors (Lipinski definition) is 2. The van der Waals surface area contributed by atoms with Gasteiger partial charge in [-0.1, -0.05) is 6.42 Å². The van der Waals surface area contributed by atoms with Crippen LogP contribution in [0.4, 0.5) is 4.39 Å². The summed E-state index contributed by atoms with van der Waals surface area (Å²) >= 11 is 5.71. The largest absolute Gasteiger partial charge is 0.243 e. The Kier molecular flexibility index (Phi) is 4.48. The second kappa shape index (κ2) is 5.77. The molecule has 6 heteroatoms. The zero-order chi connectivity index (χ0) is 14.0. The van der Waals surface area contributed by atoms with Gasteiger partial charge in [0.1, 0.15) is 5.82 Å². The summed E-state index contributed by atoms with van der Waals surface area (Å²) in [6.07, 6.45) is 2.79. The van der Waals surface area contributed by atoms with Crippen molar-refractivity contribution in [3.05, 3.63) is 29.6 Å². The lowest BCUT2D eigenvalue weighted by atomic mass is 9.93. The number of rotatable bonds is 5. The lowest BCUT2D eigenvalue weighted by molar-refractivity contribution is 0.227. The predicted molar refractivity (Wildman–Crippen MR) is 73.4 cm³/mol. The van der Waals surface area contributed by atoms with E-state index in [9.17, 15) is 12.8 Å². The van der Waals surface area contributed by atoms with Gasteiger partial charge in [-0.05, 0) is 43.5 Å². The van der Waals surface area contributed by atoms with E-state index in [4.69, 9.17) is 11.6 Å². The van der Waals surface area contributed by atoms with Crippen LogP contribution in [-0.4, -0.2) is 31.2 Å². The van der Waals surface area contributed by atoms with Crippen LogP contribution in [0.2, 0.25) is 0 Å². The molecule has 1 aliphatic carbocycles. The number of alkyl halides is 1. The van der Waals surface area contributed by atoms with Crippen molar-refractivity contribution in [3.8, 4) is 0 Å². The first kappa shape index (κ1) is 14.8. The summed E-state index contributed by atoms with van der Waals surface area (Å²) in [7, 11) is -3.59. The highest BCUT2D eigenvalue weighted by Crippen LogP contribution is 2.31. The molecule has 3 nitrogen and oxygen atoms in total. The number of nitrogens with zero attached hydrogens (tertiary/aromatic N) is 1. The van der Waals surface area contributed by atoms with Gasteiger partial charge in [0.25, 0.3) is 0 Å². The second-order valence-corrected chi connectivity index (χ2v) is 7.04. The molecule has 0 saturated heterocycles. The van der Waals surface area contributed by atoms with E-state index in [-0.39, 0.29) is 16.8 Å². The van der Waals surface area contributed by atoms with Gasteiger partial charge in [0.05, 0.1) is 4.90 Å². The van der Waals surface area contributed by atoms with Crippen LogP contribution >= 0.6 is 11.6 Å². The molecule has 2 rings (SSSR count). The molecule has 0 atom stereocenters. The maximum absolute atomic E-state index is 13.1. The van der Waals surface area contributed by atoms with Crippen LogP contribution in [0.5, 0.6) is 0 Å². The molecule has 1 aromatic carbocycles. The Morgan fingerprint density at radius 2 is 2.11 bits per heavy atom. The zero-order valence-corrected chi connectivity index (χ0v) is 12.3. The zero-order valence-electron chi connectivity index (χ0n) is 10.8. The smallest absolute Gasteiger partial charge is 0.207 e. The summed E-state index contributed by atoms with van der Waals surface area (Å²) in [6.45, 7) is 1.90. The highest BCUT2D eigenvalue weighted by atomic mass is 35.5. The molecule has 1 saturated carbocycles. The summed E-state index contributed by atoms with van der Waals surface area (Å²) < 4.78 is 39.8. The minimum Gasteiger partial charge on any atom is -0.207 e. The Balaban J connectivity index is 2.38. The minimum absolute atomic E-state index is 0.0354. The first-order valence-electron chi connectivity index (χ1n) is 6.31. The Morgan fingerprint density at radius 3 is 2.58 bits per heavy atom. The minimum atomic E-state index is -3.59. The molecule has 0 bridgehead atoms. The van der Waals surface area contributed by atoms with Gasteiger partial charge in [-0.2, -0.15) is 4.31 Å². The van der Waals surface area contributed by atoms with E-state index in [2.05, 4.69) is 0 Å². The number of aryl methyl sites for hydroxylation is 1. The van der Waals surface area contributed by atoms with Crippen molar-refractivity contribution in [2.45, 2.75) is 37.1 Å². The van der Waals surface area contributed by atoms with Gasteiger partial charge >= 0.3 is 0 Å². The third-order valence-electron chi connectivity index (χ3n) is 3.51. The van der Waals surface area contributed by atoms with E-state index in [1.165, 1.54) is 22.5 Å². The van der Waals surface area contributed by atoms with Crippen molar-refractivity contribution in [3.63, 3.8) is 0 Å². The van der Waals surface area contributed by atoms with E-state index in [0.717, 1.165) is 19.3 Å². The van der Waals surface area contributed by atoms with E-state index < -0.39 is 15.8 Å². The van der Waals surface area contributed by atoms with Crippen molar-refractivity contribution >= 4 is 21.6 Å². The fourth-order valence-electron chi connectivity index (χ4n) is 2.29. The van der Waals surface area contributed by atoms with Gasteiger partial charge in [0.15, 0.2) is 0 Å². The fourth-order valence-corrected chi connectivity index (χ4v) is 4.46. The van der Waals surface area contributed by atoms with Crippen LogP contribution in [-0.2, 0) is 10.0 Å². The van der Waals surface area contributed by atoms with Crippen LogP contribution < -0.4 is 0 Å². The van der Waals surface area contributed by atoms with Crippen molar-refractivity contribution < 1.29 is 12.8 Å². The summed E-state index contributed by atoms with van der Waals surface area (Å²) in [4.78, 5) is 0.172. The molecule has 0 spiro atoms. The molecule has 106 valence electrons. The monoisotopic (exact) mass is 305 g/mol. The number of benzene rings is 1. The summed E-state index contributed by atoms with van der Waals surface area (Å²) in [5, 5.41) is 0. The van der Waals surface area contributed by atoms with E-state index >= 15 is 0 Å². The highest BCUT2D eigenvalue weighted by molar-refractivity contribution is 7.89. The average molecular weight is 306 g/mol. The Labute approximate surface area is 118 Å². The molecule has 0 unspecified atom stereocenters. The van der Waals surface area contributed by atoms with Crippen LogP contribution in [0.25, 0.3) is 0 Å². The molecule has 1 fully saturated rings. The highest BCUT2D eigenvalue weighted by Gasteiger charge is 2.35. The van der Waals surface area contributed by atoms with Crippen LogP contribution in [0.15, 0.2) is 23.1 Å². The third kappa shape index (κ3) is 2.93. The van der Waals surface area contributed by atoms with Crippen LogP contribution in [0.3, 0.4) is 0 Å². The standard InChI is InChI=1S/C13H17ClFNO2S/c1-10-9-11(15)5-6-13(10)19(17,18)16(8-7-14)12-3-2-4-12/h5-6,9,12H,2-4,7-8H2,1H3. The Bertz CT molecular complexity index is 558. The predicted octanol–water partition coefficient (Wildman–Crippen LogP) is 2.92. The lowest BCUT2D eigenvalue weighted by Gasteiger charge is -2.36. The van der Waals surface area contributed by atoms with E-state index in [1.807, 2.05) is 0 Å². The van der Waals surface area contributed by atoms with Gasteiger partial charge in [-0.15, -0.1) is 11.6 Å². The van der Waals surface area contributed by atoms with Crippen molar-refractivity contribution in [2.75, 3.05) is 12.4 Å². The van der Waals surface area contributed by atoms with Crippen LogP contribution in [0, 0.1) is 12.7 Å². The maximum atomic E-state index is 13.1. The van der Waals surface area contributed by atoms with Crippen LogP contribution in [0.1, 0.15) is 24.8 Å². The fraction of sp³-hybridized carbons (Fsp3) is 0.538. The molecular formula is C13H17ClFNO2S. The summed E-state index contributed by atoms with van der Waals surface area (Å²) in [5.74, 6) is -0.167. The number of sulfonamides is 1. The molecule has 0 aromatic heterocycles. The van der Waals surface area contributed by atoms with Gasteiger partial charge < -0.3 is 0 Å². The molecule has 1 aliphatic rings. The molecule has 0 radical (unpaired) electrons. The summed E-state index contributed by atoms with van der Waals surface area (Å²) in [5.41, 5.74) is 0.430. The van der Waals surface area contributed by atoms with Gasteiger partial charge in [-0.3, -0.25) is 0 Å². The van der Waals surface area contributed by atoms with Crippen molar-refractivity contribution in [2.24, 2.45) is 0 Å². The normalized spacial score (nSPS) is 16.6. The molecule has 0 amide bonds. The van der Waals surface area contributed by atoms with Crippen molar-refractivity contribution in [1.29, 1.82) is 0 Å². The Morgan fingerprint density at radius 1 is 1.42 bits per heavy atom. The Hall–Kier alpha value is -0.650. The first-order valence-corrected chi connectivity index (χ1v) is 8.28. The van der Waals surface area contributed by atoms with Gasteiger partial charge in [-0.25, -0.2) is 12.8 Å². The topological polar surface area (TPSA) is 37.4 Å². The molecule has 0 N–H and O–H groups in total. The number of hydrogen-bond donors (Lipinski definition) is 0. The average Bonchev–Trinajstić information content (AvgIpc) is 2.25.